The number of rotatable bonds is 5. The van der Waals surface area contributed by atoms with Crippen molar-refractivity contribution in [2.45, 2.75) is 13.8 Å². The summed E-state index contributed by atoms with van der Waals surface area (Å²) in [7, 11) is 0. The molecule has 2 aromatic carbocycles. The van der Waals surface area contributed by atoms with Gasteiger partial charge in [0.25, 0.3) is 5.91 Å². The Morgan fingerprint density at radius 3 is 2.72 bits per heavy atom. The highest BCUT2D eigenvalue weighted by atomic mass is 16.5. The Morgan fingerprint density at radius 1 is 1.16 bits per heavy atom. The van der Waals surface area contributed by atoms with Crippen molar-refractivity contribution in [2.75, 3.05) is 18.1 Å². The van der Waals surface area contributed by atoms with E-state index in [-0.39, 0.29) is 11.7 Å². The number of para-hydroxylation sites is 2. The Balaban J connectivity index is 1.91. The van der Waals surface area contributed by atoms with E-state index in [0.717, 1.165) is 11.3 Å². The minimum Gasteiger partial charge on any atom is -0.504 e. The van der Waals surface area contributed by atoms with Crippen LogP contribution in [0.15, 0.2) is 52.7 Å². The van der Waals surface area contributed by atoms with E-state index in [2.05, 4.69) is 10.2 Å². The molecular weight excluding hydrogens is 318 g/mol. The third kappa shape index (κ3) is 3.10. The molecule has 6 nitrogen and oxygen atoms in total. The lowest BCUT2D eigenvalue weighted by Gasteiger charge is -2.12. The first-order chi connectivity index (χ1) is 12.2. The van der Waals surface area contributed by atoms with Gasteiger partial charge in [0.05, 0.1) is 18.5 Å². The van der Waals surface area contributed by atoms with E-state index in [9.17, 15) is 9.90 Å². The highest BCUT2D eigenvalue weighted by molar-refractivity contribution is 6.54. The number of likely N-dealkylation sites (N-methyl/N-ethyl adjacent to an activating group) is 1. The fourth-order valence-electron chi connectivity index (χ4n) is 2.74. The average molecular weight is 337 g/mol. The molecule has 0 unspecified atom stereocenters. The van der Waals surface area contributed by atoms with Gasteiger partial charge >= 0.3 is 0 Å². The Morgan fingerprint density at radius 2 is 1.96 bits per heavy atom. The smallest absolute Gasteiger partial charge is 0.279 e. The van der Waals surface area contributed by atoms with Gasteiger partial charge < -0.3 is 14.7 Å². The van der Waals surface area contributed by atoms with Crippen LogP contribution in [-0.2, 0) is 4.79 Å². The lowest BCUT2D eigenvalue weighted by atomic mass is 10.1. The number of nitrogens with zero attached hydrogens (tertiary/aromatic N) is 3. The van der Waals surface area contributed by atoms with Crippen LogP contribution in [-0.4, -0.2) is 36.1 Å². The van der Waals surface area contributed by atoms with Gasteiger partial charge in [-0.3, -0.25) is 4.79 Å². The van der Waals surface area contributed by atoms with Crippen molar-refractivity contribution in [3.05, 3.63) is 53.6 Å². The van der Waals surface area contributed by atoms with Crippen LogP contribution in [0, 0.1) is 0 Å². The van der Waals surface area contributed by atoms with E-state index in [4.69, 9.17) is 4.74 Å². The number of hydrogen-bond donors (Lipinski definition) is 1. The minimum absolute atomic E-state index is 0.00151. The molecule has 0 aliphatic carbocycles. The third-order valence-corrected chi connectivity index (χ3v) is 3.90. The molecule has 1 aliphatic rings. The normalized spacial score (nSPS) is 15.2. The Bertz CT molecular complexity index is 859. The van der Waals surface area contributed by atoms with Crippen molar-refractivity contribution in [2.24, 2.45) is 10.2 Å². The van der Waals surface area contributed by atoms with E-state index in [1.54, 1.807) is 23.1 Å². The third-order valence-electron chi connectivity index (χ3n) is 3.90. The van der Waals surface area contributed by atoms with Gasteiger partial charge in [-0.1, -0.05) is 24.3 Å². The lowest BCUT2D eigenvalue weighted by Crippen LogP contribution is -2.29. The van der Waals surface area contributed by atoms with Crippen LogP contribution < -0.4 is 9.64 Å². The van der Waals surface area contributed by atoms with E-state index < -0.39 is 0 Å². The number of anilines is 1. The van der Waals surface area contributed by atoms with Gasteiger partial charge in [-0.15, -0.1) is 5.10 Å². The van der Waals surface area contributed by atoms with Crippen LogP contribution in [0.2, 0.25) is 0 Å². The first kappa shape index (κ1) is 16.7. The molecule has 6 heteroatoms. The predicted octanol–water partition coefficient (Wildman–Crippen LogP) is 2.98. The monoisotopic (exact) mass is 337 g/mol. The van der Waals surface area contributed by atoms with Gasteiger partial charge in [-0.25, -0.2) is 0 Å². The summed E-state index contributed by atoms with van der Waals surface area (Å²) in [4.78, 5) is 14.2. The predicted molar refractivity (Wildman–Crippen MR) is 97.9 cm³/mol. The van der Waals surface area contributed by atoms with Crippen LogP contribution in [0.3, 0.4) is 0 Å². The van der Waals surface area contributed by atoms with Crippen molar-refractivity contribution in [3.8, 4) is 11.5 Å². The number of amides is 1. The molecule has 128 valence electrons. The van der Waals surface area contributed by atoms with E-state index >= 15 is 0 Å². The van der Waals surface area contributed by atoms with E-state index in [0.29, 0.717) is 30.2 Å². The second kappa shape index (κ2) is 7.17. The maximum absolute atomic E-state index is 12.5. The summed E-state index contributed by atoms with van der Waals surface area (Å²) in [5.74, 6) is 0.216. The van der Waals surface area contributed by atoms with Crippen LogP contribution in [0.25, 0.3) is 0 Å². The molecule has 3 rings (SSSR count). The molecule has 0 aromatic heterocycles. The fraction of sp³-hybridized carbons (Fsp3) is 0.211. The first-order valence-corrected chi connectivity index (χ1v) is 8.14. The number of carbonyl (C=O) groups excluding carboxylic acids is 1. The van der Waals surface area contributed by atoms with E-state index in [1.807, 2.05) is 38.1 Å². The molecule has 2 aromatic rings. The van der Waals surface area contributed by atoms with Gasteiger partial charge in [-0.2, -0.15) is 5.10 Å². The maximum Gasteiger partial charge on any atom is 0.279 e. The summed E-state index contributed by atoms with van der Waals surface area (Å²) in [5, 5.41) is 18.3. The molecule has 1 amide bonds. The number of hydrogen-bond acceptors (Lipinski definition) is 5. The quantitative estimate of drug-likeness (QED) is 0.673. The topological polar surface area (TPSA) is 74.5 Å². The largest absolute Gasteiger partial charge is 0.504 e. The highest BCUT2D eigenvalue weighted by Gasteiger charge is 2.32. The van der Waals surface area contributed by atoms with Gasteiger partial charge in [0.1, 0.15) is 0 Å². The van der Waals surface area contributed by atoms with Gasteiger partial charge in [-0.05, 0) is 32.0 Å². The summed E-state index contributed by atoms with van der Waals surface area (Å²) in [6.07, 6.45) is 1.41. The molecule has 0 atom stereocenters. The molecule has 0 saturated carbocycles. The molecule has 0 saturated heterocycles. The van der Waals surface area contributed by atoms with Crippen molar-refractivity contribution in [1.82, 2.24) is 0 Å². The standard InChI is InChI=1S/C19H19N3O3/c1-3-22-15-10-6-5-9-14(15)17(19(22)24)21-20-12-13-8-7-11-16(18(13)23)25-4-2/h5-12,23H,3-4H2,1-2H3/b20-12+,21-17-. The summed E-state index contributed by atoms with van der Waals surface area (Å²) >= 11 is 0. The SMILES string of the molecule is CCOc1cccc(/C=N/N=C2\C(=O)N(CC)c3ccccc32)c1O. The average Bonchev–Trinajstić information content (AvgIpc) is 2.89. The molecule has 0 fully saturated rings. The van der Waals surface area contributed by atoms with Crippen LogP contribution >= 0.6 is 0 Å². The molecular formula is C19H19N3O3. The summed E-state index contributed by atoms with van der Waals surface area (Å²) < 4.78 is 5.34. The van der Waals surface area contributed by atoms with Gasteiger partial charge in [0.15, 0.2) is 17.2 Å². The highest BCUT2D eigenvalue weighted by Crippen LogP contribution is 2.30. The minimum atomic E-state index is -0.173. The van der Waals surface area contributed by atoms with Crippen molar-refractivity contribution < 1.29 is 14.6 Å². The number of phenols is 1. The first-order valence-electron chi connectivity index (χ1n) is 8.14. The Hall–Kier alpha value is -3.15. The van der Waals surface area contributed by atoms with Crippen molar-refractivity contribution >= 4 is 23.5 Å². The zero-order valence-corrected chi connectivity index (χ0v) is 14.1. The molecule has 1 heterocycles. The van der Waals surface area contributed by atoms with Crippen LogP contribution in [0.4, 0.5) is 5.69 Å². The Kier molecular flexibility index (Phi) is 4.79. The summed E-state index contributed by atoms with van der Waals surface area (Å²) in [6, 6.07) is 12.6. The van der Waals surface area contributed by atoms with Crippen molar-refractivity contribution in [3.63, 3.8) is 0 Å². The van der Waals surface area contributed by atoms with Crippen LogP contribution in [0.5, 0.6) is 11.5 Å². The summed E-state index contributed by atoms with van der Waals surface area (Å²) in [5.41, 5.74) is 2.37. The number of benzene rings is 2. The number of phenolic OH excluding ortho intramolecular Hbond substituents is 1. The number of fused-ring (bicyclic) bond motifs is 1. The second-order valence-corrected chi connectivity index (χ2v) is 5.39. The molecule has 1 aliphatic heterocycles. The zero-order chi connectivity index (χ0) is 17.8. The molecule has 0 radical (unpaired) electrons. The maximum atomic E-state index is 12.5. The Labute approximate surface area is 146 Å². The molecule has 0 spiro atoms. The molecule has 1 N–H and O–H groups in total. The van der Waals surface area contributed by atoms with Gasteiger partial charge in [0, 0.05) is 17.7 Å². The zero-order valence-electron chi connectivity index (χ0n) is 14.1. The van der Waals surface area contributed by atoms with Crippen LogP contribution in [0.1, 0.15) is 25.0 Å². The molecule has 25 heavy (non-hydrogen) atoms. The summed E-state index contributed by atoms with van der Waals surface area (Å²) in [6.45, 7) is 4.78. The lowest BCUT2D eigenvalue weighted by molar-refractivity contribution is -0.112. The second-order valence-electron chi connectivity index (χ2n) is 5.39. The molecule has 0 bridgehead atoms. The van der Waals surface area contributed by atoms with E-state index in [1.165, 1.54) is 6.21 Å². The fourth-order valence-corrected chi connectivity index (χ4v) is 2.74. The van der Waals surface area contributed by atoms with Gasteiger partial charge in [0.2, 0.25) is 0 Å². The number of carbonyl (C=O) groups is 1. The number of aromatic hydroxyl groups is 1. The van der Waals surface area contributed by atoms with Crippen molar-refractivity contribution in [1.29, 1.82) is 0 Å². The number of ether oxygens (including phenoxy) is 1.